The largest absolute Gasteiger partial charge is 0.404 e. The van der Waals surface area contributed by atoms with Crippen LogP contribution < -0.4 is 10.6 Å². The van der Waals surface area contributed by atoms with E-state index in [4.69, 9.17) is 17.3 Å². The molecule has 26 heavy (non-hydrogen) atoms. The second kappa shape index (κ2) is 7.27. The van der Waals surface area contributed by atoms with Gasteiger partial charge in [-0.3, -0.25) is 0 Å². The first-order chi connectivity index (χ1) is 12.5. The summed E-state index contributed by atoms with van der Waals surface area (Å²) in [5.74, 6) is 0.223. The van der Waals surface area contributed by atoms with Crippen LogP contribution in [0.3, 0.4) is 0 Å². The van der Waals surface area contributed by atoms with Crippen LogP contribution in [-0.2, 0) is 0 Å². The van der Waals surface area contributed by atoms with Gasteiger partial charge in [0.25, 0.3) is 0 Å². The first-order valence-corrected chi connectivity index (χ1v) is 9.00. The SMILES string of the molecule is C=C1C2=C(\C=C/C=C\C1=C\N)C(Cl)=C(C(C)C)N(c1ccccc1)C2=C. The lowest BCUT2D eigenvalue weighted by Crippen LogP contribution is -2.31. The number of para-hydroxylation sites is 1. The standard InChI is InChI=1S/C23H23ClN2/c1-15(2)23-22(24)20-13-9-8-10-18(14-25)16(3)21(20)17(4)26(23)19-11-6-5-7-12-19/h5-15H,3-4,25H2,1-2H3/b10-8-,13-9-,18-14-. The van der Waals surface area contributed by atoms with Gasteiger partial charge in [-0.1, -0.05) is 81.1 Å². The number of halogens is 1. The highest BCUT2D eigenvalue weighted by Crippen LogP contribution is 2.45. The molecule has 0 radical (unpaired) electrons. The van der Waals surface area contributed by atoms with Crippen molar-refractivity contribution in [3.05, 3.63) is 113 Å². The van der Waals surface area contributed by atoms with Crippen molar-refractivity contribution < 1.29 is 0 Å². The van der Waals surface area contributed by atoms with Gasteiger partial charge >= 0.3 is 0 Å². The zero-order chi connectivity index (χ0) is 18.8. The molecule has 0 amide bonds. The van der Waals surface area contributed by atoms with E-state index in [1.165, 1.54) is 0 Å². The first-order valence-electron chi connectivity index (χ1n) is 8.62. The minimum Gasteiger partial charge on any atom is -0.404 e. The molecule has 1 heterocycles. The lowest BCUT2D eigenvalue weighted by Gasteiger charge is -2.39. The number of hydrogen-bond donors (Lipinski definition) is 1. The zero-order valence-electron chi connectivity index (χ0n) is 15.2. The normalized spacial score (nSPS) is 21.8. The molecule has 3 heteroatoms. The van der Waals surface area contributed by atoms with E-state index in [0.29, 0.717) is 0 Å². The van der Waals surface area contributed by atoms with Crippen molar-refractivity contribution in [2.75, 3.05) is 4.90 Å². The van der Waals surface area contributed by atoms with E-state index in [0.717, 1.165) is 44.4 Å². The molecule has 0 atom stereocenters. The van der Waals surface area contributed by atoms with Crippen molar-refractivity contribution in [3.63, 3.8) is 0 Å². The van der Waals surface area contributed by atoms with Gasteiger partial charge in [0, 0.05) is 34.4 Å². The Morgan fingerprint density at radius 2 is 1.73 bits per heavy atom. The van der Waals surface area contributed by atoms with E-state index in [9.17, 15) is 0 Å². The number of rotatable bonds is 2. The van der Waals surface area contributed by atoms with Crippen molar-refractivity contribution in [3.8, 4) is 0 Å². The monoisotopic (exact) mass is 362 g/mol. The van der Waals surface area contributed by atoms with Crippen LogP contribution in [0.15, 0.2) is 113 Å². The maximum absolute atomic E-state index is 6.91. The first kappa shape index (κ1) is 18.1. The van der Waals surface area contributed by atoms with Gasteiger partial charge in [-0.2, -0.15) is 0 Å². The molecule has 0 fully saturated rings. The van der Waals surface area contributed by atoms with Gasteiger partial charge in [0.1, 0.15) is 0 Å². The van der Waals surface area contributed by atoms with Crippen LogP contribution in [-0.4, -0.2) is 0 Å². The molecule has 3 rings (SSSR count). The summed E-state index contributed by atoms with van der Waals surface area (Å²) >= 11 is 6.91. The number of hydrogen-bond acceptors (Lipinski definition) is 2. The Bertz CT molecular complexity index is 909. The molecular weight excluding hydrogens is 340 g/mol. The summed E-state index contributed by atoms with van der Waals surface area (Å²) in [4.78, 5) is 2.13. The molecule has 0 saturated heterocycles. The van der Waals surface area contributed by atoms with Crippen LogP contribution in [0, 0.1) is 5.92 Å². The molecule has 1 aromatic rings. The van der Waals surface area contributed by atoms with Crippen LogP contribution in [0.25, 0.3) is 0 Å². The van der Waals surface area contributed by atoms with E-state index in [1.54, 1.807) is 6.20 Å². The average molecular weight is 363 g/mol. The van der Waals surface area contributed by atoms with Crippen molar-refractivity contribution in [1.82, 2.24) is 0 Å². The highest BCUT2D eigenvalue weighted by molar-refractivity contribution is 6.33. The number of anilines is 1. The lowest BCUT2D eigenvalue weighted by atomic mass is 9.86. The minimum absolute atomic E-state index is 0.223. The smallest absolute Gasteiger partial charge is 0.0686 e. The molecule has 0 unspecified atom stereocenters. The third-order valence-corrected chi connectivity index (χ3v) is 4.97. The summed E-state index contributed by atoms with van der Waals surface area (Å²) in [7, 11) is 0. The molecule has 132 valence electrons. The minimum atomic E-state index is 0.223. The average Bonchev–Trinajstić information content (AvgIpc) is 2.62. The summed E-state index contributed by atoms with van der Waals surface area (Å²) in [6.07, 6.45) is 9.44. The van der Waals surface area contributed by atoms with Gasteiger partial charge in [0.15, 0.2) is 0 Å². The predicted octanol–water partition coefficient (Wildman–Crippen LogP) is 5.95. The number of allylic oxidation sites excluding steroid dienone is 9. The third-order valence-electron chi connectivity index (χ3n) is 4.57. The van der Waals surface area contributed by atoms with Gasteiger partial charge < -0.3 is 10.6 Å². The summed E-state index contributed by atoms with van der Waals surface area (Å²) < 4.78 is 0. The quantitative estimate of drug-likeness (QED) is 0.704. The molecule has 0 aromatic heterocycles. The van der Waals surface area contributed by atoms with Gasteiger partial charge in [-0.15, -0.1) is 0 Å². The van der Waals surface area contributed by atoms with Crippen molar-refractivity contribution in [2.45, 2.75) is 13.8 Å². The van der Waals surface area contributed by atoms with Crippen LogP contribution in [0.2, 0.25) is 0 Å². The Balaban J connectivity index is 2.30. The fourth-order valence-corrected chi connectivity index (χ4v) is 3.81. The molecule has 0 saturated carbocycles. The number of benzene rings is 1. The topological polar surface area (TPSA) is 29.3 Å². The maximum atomic E-state index is 6.91. The molecule has 0 spiro atoms. The van der Waals surface area contributed by atoms with Gasteiger partial charge in [-0.25, -0.2) is 0 Å². The molecule has 1 aliphatic heterocycles. The van der Waals surface area contributed by atoms with Crippen molar-refractivity contribution >= 4 is 17.3 Å². The zero-order valence-corrected chi connectivity index (χ0v) is 15.9. The van der Waals surface area contributed by atoms with E-state index < -0.39 is 0 Å². The Kier molecular flexibility index (Phi) is 5.06. The molecule has 1 aromatic carbocycles. The predicted molar refractivity (Wildman–Crippen MR) is 112 cm³/mol. The van der Waals surface area contributed by atoms with Gasteiger partial charge in [0.05, 0.1) is 5.03 Å². The summed E-state index contributed by atoms with van der Waals surface area (Å²) in [6, 6.07) is 10.1. The fourth-order valence-electron chi connectivity index (χ4n) is 3.35. The summed E-state index contributed by atoms with van der Waals surface area (Å²) in [5.41, 5.74) is 12.3. The van der Waals surface area contributed by atoms with Crippen LogP contribution in [0.5, 0.6) is 0 Å². The van der Waals surface area contributed by atoms with E-state index >= 15 is 0 Å². The van der Waals surface area contributed by atoms with Crippen molar-refractivity contribution in [1.29, 1.82) is 0 Å². The second-order valence-corrected chi connectivity index (χ2v) is 6.96. The van der Waals surface area contributed by atoms with E-state index in [2.05, 4.69) is 44.0 Å². The molecular formula is C23H23ClN2. The number of nitrogens with zero attached hydrogens (tertiary/aromatic N) is 1. The van der Waals surface area contributed by atoms with Crippen LogP contribution >= 0.6 is 11.6 Å². The molecule has 0 bridgehead atoms. The molecule has 2 nitrogen and oxygen atoms in total. The third kappa shape index (κ3) is 2.97. The summed E-state index contributed by atoms with van der Waals surface area (Å²) in [6.45, 7) is 13.0. The van der Waals surface area contributed by atoms with E-state index in [-0.39, 0.29) is 5.92 Å². The van der Waals surface area contributed by atoms with Gasteiger partial charge in [-0.05, 0) is 29.2 Å². The van der Waals surface area contributed by atoms with Crippen LogP contribution in [0.4, 0.5) is 5.69 Å². The van der Waals surface area contributed by atoms with Crippen molar-refractivity contribution in [2.24, 2.45) is 11.7 Å². The van der Waals surface area contributed by atoms with E-state index in [1.807, 2.05) is 42.5 Å². The lowest BCUT2D eigenvalue weighted by molar-refractivity contribution is 0.728. The maximum Gasteiger partial charge on any atom is 0.0686 e. The number of nitrogens with two attached hydrogens (primary N) is 1. The highest BCUT2D eigenvalue weighted by atomic mass is 35.5. The second-order valence-electron chi connectivity index (χ2n) is 6.58. The Morgan fingerprint density at radius 1 is 1.08 bits per heavy atom. The molecule has 2 aliphatic rings. The fraction of sp³-hybridized carbons (Fsp3) is 0.130. The Morgan fingerprint density at radius 3 is 2.35 bits per heavy atom. The summed E-state index contributed by atoms with van der Waals surface area (Å²) in [5, 5.41) is 0.718. The molecule has 1 aliphatic carbocycles. The Hall–Kier alpha value is -2.71. The Labute approximate surface area is 160 Å². The highest BCUT2D eigenvalue weighted by Gasteiger charge is 2.32. The van der Waals surface area contributed by atoms with Crippen LogP contribution in [0.1, 0.15) is 13.8 Å². The van der Waals surface area contributed by atoms with Gasteiger partial charge in [0.2, 0.25) is 0 Å². The molecule has 2 N–H and O–H groups in total.